The summed E-state index contributed by atoms with van der Waals surface area (Å²) >= 11 is 0. The highest BCUT2D eigenvalue weighted by Crippen LogP contribution is 2.43. The monoisotopic (exact) mass is 270 g/mol. The Morgan fingerprint density at radius 1 is 1.63 bits per heavy atom. The van der Waals surface area contributed by atoms with Crippen LogP contribution in [0.1, 0.15) is 18.0 Å². The van der Waals surface area contributed by atoms with Crippen LogP contribution in [0, 0.1) is 6.92 Å². The Morgan fingerprint density at radius 3 is 2.79 bits per heavy atom. The Bertz CT molecular complexity index is 635. The molecule has 1 heterocycles. The molecule has 1 aliphatic carbocycles. The largest absolute Gasteiger partial charge is 0.393 e. The van der Waals surface area contributed by atoms with E-state index in [1.54, 1.807) is 0 Å². The van der Waals surface area contributed by atoms with Crippen molar-refractivity contribution in [3.05, 3.63) is 44.8 Å². The fourth-order valence-corrected chi connectivity index (χ4v) is 2.34. The molecule has 0 amide bonds. The summed E-state index contributed by atoms with van der Waals surface area (Å²) in [6.45, 7) is 4.14. The molecule has 1 aliphatic rings. The van der Waals surface area contributed by atoms with E-state index in [9.17, 15) is 19.1 Å². The molecule has 6 nitrogen and oxygen atoms in total. The summed E-state index contributed by atoms with van der Waals surface area (Å²) in [6, 6.07) is -0.796. The van der Waals surface area contributed by atoms with Crippen LogP contribution in [-0.4, -0.2) is 38.1 Å². The molecule has 0 aromatic carbocycles. The van der Waals surface area contributed by atoms with Crippen molar-refractivity contribution in [2.75, 3.05) is 6.61 Å². The highest BCUT2D eigenvalue weighted by Gasteiger charge is 2.51. The van der Waals surface area contributed by atoms with E-state index < -0.39 is 35.7 Å². The first kappa shape index (κ1) is 13.7. The van der Waals surface area contributed by atoms with Crippen molar-refractivity contribution in [1.82, 2.24) is 9.55 Å². The van der Waals surface area contributed by atoms with Gasteiger partial charge in [-0.25, -0.2) is 9.18 Å². The average molecular weight is 270 g/mol. The van der Waals surface area contributed by atoms with Gasteiger partial charge in [0.1, 0.15) is 0 Å². The van der Waals surface area contributed by atoms with Crippen LogP contribution in [-0.2, 0) is 0 Å². The van der Waals surface area contributed by atoms with Gasteiger partial charge in [-0.3, -0.25) is 14.3 Å². The minimum Gasteiger partial charge on any atom is -0.393 e. The predicted molar refractivity (Wildman–Crippen MR) is 65.8 cm³/mol. The van der Waals surface area contributed by atoms with Crippen LogP contribution in [0.4, 0.5) is 4.39 Å². The van der Waals surface area contributed by atoms with Gasteiger partial charge in [0.05, 0.1) is 18.8 Å². The van der Waals surface area contributed by atoms with Gasteiger partial charge < -0.3 is 10.2 Å². The number of nitrogens with one attached hydrogen (secondary N) is 1. The highest BCUT2D eigenvalue weighted by molar-refractivity contribution is 5.28. The van der Waals surface area contributed by atoms with Crippen LogP contribution < -0.4 is 11.2 Å². The number of aliphatic hydroxyl groups is 2. The minimum atomic E-state index is -2.33. The third-order valence-corrected chi connectivity index (χ3v) is 3.62. The molecule has 104 valence electrons. The van der Waals surface area contributed by atoms with Gasteiger partial charge >= 0.3 is 5.69 Å². The molecular weight excluding hydrogens is 255 g/mol. The van der Waals surface area contributed by atoms with Crippen LogP contribution >= 0.6 is 0 Å². The zero-order chi connectivity index (χ0) is 14.4. The van der Waals surface area contributed by atoms with E-state index in [4.69, 9.17) is 5.11 Å². The fraction of sp³-hybridized carbons (Fsp3) is 0.500. The lowest BCUT2D eigenvalue weighted by atomic mass is 9.99. The molecule has 19 heavy (non-hydrogen) atoms. The lowest BCUT2D eigenvalue weighted by molar-refractivity contribution is -0.00223. The molecule has 1 aromatic heterocycles. The normalized spacial score (nSPS) is 30.8. The minimum absolute atomic E-state index is 0.0731. The number of aliphatic hydroxyl groups excluding tert-OH is 2. The first-order chi connectivity index (χ1) is 8.81. The number of aromatic amines is 1. The quantitative estimate of drug-likeness (QED) is 0.626. The summed E-state index contributed by atoms with van der Waals surface area (Å²) in [7, 11) is 0. The number of hydrogen-bond acceptors (Lipinski definition) is 4. The fourth-order valence-electron chi connectivity index (χ4n) is 2.34. The third kappa shape index (κ3) is 1.95. The van der Waals surface area contributed by atoms with Crippen molar-refractivity contribution < 1.29 is 14.6 Å². The number of nitrogens with zero attached hydrogens (tertiary/aromatic N) is 1. The summed E-state index contributed by atoms with van der Waals surface area (Å²) in [4.78, 5) is 25.1. The lowest BCUT2D eigenvalue weighted by Gasteiger charge is -2.23. The van der Waals surface area contributed by atoms with Crippen LogP contribution in [0.15, 0.2) is 27.9 Å². The molecule has 1 fully saturated rings. The van der Waals surface area contributed by atoms with Crippen molar-refractivity contribution in [1.29, 1.82) is 0 Å². The van der Waals surface area contributed by atoms with Gasteiger partial charge in [0.15, 0.2) is 5.67 Å². The van der Waals surface area contributed by atoms with Gasteiger partial charge in [-0.1, -0.05) is 6.58 Å². The molecule has 3 N–H and O–H groups in total. The molecule has 7 heteroatoms. The maximum absolute atomic E-state index is 14.3. The Morgan fingerprint density at radius 2 is 2.26 bits per heavy atom. The average Bonchev–Trinajstić information content (AvgIpc) is 2.59. The molecular formula is C12H15FN2O4. The summed E-state index contributed by atoms with van der Waals surface area (Å²) < 4.78 is 15.4. The van der Waals surface area contributed by atoms with Crippen LogP contribution in [0.25, 0.3) is 0 Å². The van der Waals surface area contributed by atoms with E-state index in [0.29, 0.717) is 5.56 Å². The summed E-state index contributed by atoms with van der Waals surface area (Å²) in [5, 5.41) is 18.7. The van der Waals surface area contributed by atoms with E-state index in [-0.39, 0.29) is 12.0 Å². The molecule has 3 atom stereocenters. The summed E-state index contributed by atoms with van der Waals surface area (Å²) in [5.41, 5.74) is -3.32. The Labute approximate surface area is 107 Å². The molecule has 0 radical (unpaired) electrons. The van der Waals surface area contributed by atoms with Crippen molar-refractivity contribution in [2.45, 2.75) is 31.2 Å². The van der Waals surface area contributed by atoms with Crippen molar-refractivity contribution in [3.8, 4) is 0 Å². The smallest absolute Gasteiger partial charge is 0.328 e. The first-order valence-corrected chi connectivity index (χ1v) is 5.80. The highest BCUT2D eigenvalue weighted by atomic mass is 19.1. The second-order valence-corrected chi connectivity index (χ2v) is 4.79. The number of alkyl halides is 1. The van der Waals surface area contributed by atoms with Gasteiger partial charge in [0.25, 0.3) is 5.56 Å². The van der Waals surface area contributed by atoms with E-state index in [2.05, 4.69) is 11.6 Å². The molecule has 0 saturated heterocycles. The third-order valence-electron chi connectivity index (χ3n) is 3.62. The molecule has 0 spiro atoms. The van der Waals surface area contributed by atoms with Crippen molar-refractivity contribution in [3.63, 3.8) is 0 Å². The van der Waals surface area contributed by atoms with E-state index in [0.717, 1.165) is 4.57 Å². The van der Waals surface area contributed by atoms with Crippen molar-refractivity contribution >= 4 is 0 Å². The zero-order valence-electron chi connectivity index (χ0n) is 10.4. The second-order valence-electron chi connectivity index (χ2n) is 4.79. The molecule has 0 bridgehead atoms. The molecule has 0 aliphatic heterocycles. The SMILES string of the molecule is C=C1[C@@H](n2cc(C)c(=O)[nH]c2=O)C[C@H](O)[C@@]1(F)CO. The second kappa shape index (κ2) is 4.43. The number of hydrogen-bond donors (Lipinski definition) is 3. The van der Waals surface area contributed by atoms with Crippen LogP contribution in [0.5, 0.6) is 0 Å². The predicted octanol–water partition coefficient (Wildman–Crippen LogP) is -0.592. The maximum Gasteiger partial charge on any atom is 0.328 e. The summed E-state index contributed by atoms with van der Waals surface area (Å²) in [5.74, 6) is 0. The molecule has 1 saturated carbocycles. The topological polar surface area (TPSA) is 95.3 Å². The number of halogens is 1. The standard InChI is InChI=1S/C12H15FN2O4/c1-6-4-15(11(19)14-10(6)18)8-3-9(17)12(13,5-16)7(8)2/h4,8-9,16-17H,2-3,5H2,1H3,(H,14,18,19)/t8-,9-,12+/m0/s1. The van der Waals surface area contributed by atoms with Gasteiger partial charge in [0.2, 0.25) is 0 Å². The zero-order valence-corrected chi connectivity index (χ0v) is 10.4. The summed E-state index contributed by atoms with van der Waals surface area (Å²) in [6.07, 6.45) is -0.220. The maximum atomic E-state index is 14.3. The van der Waals surface area contributed by atoms with Gasteiger partial charge in [-0.15, -0.1) is 0 Å². The molecule has 1 aromatic rings. The van der Waals surface area contributed by atoms with E-state index in [1.807, 2.05) is 0 Å². The molecule has 2 rings (SSSR count). The van der Waals surface area contributed by atoms with Crippen LogP contribution in [0.2, 0.25) is 0 Å². The Kier molecular flexibility index (Phi) is 3.19. The lowest BCUT2D eigenvalue weighted by Crippen LogP contribution is -2.38. The first-order valence-electron chi connectivity index (χ1n) is 5.80. The number of H-pyrrole nitrogens is 1. The van der Waals surface area contributed by atoms with Crippen molar-refractivity contribution in [2.24, 2.45) is 0 Å². The van der Waals surface area contributed by atoms with Gasteiger partial charge in [-0.05, 0) is 12.5 Å². The van der Waals surface area contributed by atoms with Crippen LogP contribution in [0.3, 0.4) is 0 Å². The number of aromatic nitrogens is 2. The molecule has 0 unspecified atom stereocenters. The Balaban J connectivity index is 2.51. The van der Waals surface area contributed by atoms with E-state index in [1.165, 1.54) is 13.1 Å². The van der Waals surface area contributed by atoms with E-state index >= 15 is 0 Å². The number of rotatable bonds is 2. The van der Waals surface area contributed by atoms with Gasteiger partial charge in [0, 0.05) is 18.2 Å². The number of aryl methyl sites for hydroxylation is 1. The van der Waals surface area contributed by atoms with Gasteiger partial charge in [-0.2, -0.15) is 0 Å². The Hall–Kier alpha value is -1.73.